The number of nitrogens with zero attached hydrogens (tertiary/aromatic N) is 1. The Morgan fingerprint density at radius 3 is 2.04 bits per heavy atom. The van der Waals surface area contributed by atoms with Crippen LogP contribution in [0.15, 0.2) is 41.3 Å². The van der Waals surface area contributed by atoms with Crippen LogP contribution in [0.25, 0.3) is 0 Å². The number of esters is 1. The van der Waals surface area contributed by atoms with Crippen molar-refractivity contribution < 1.29 is 23.9 Å². The zero-order valence-corrected chi connectivity index (χ0v) is 16.9. The lowest BCUT2D eigenvalue weighted by atomic mass is 10.1. The predicted molar refractivity (Wildman–Crippen MR) is 105 cm³/mol. The number of amides is 2. The molecule has 0 atom stereocenters. The standard InChI is InChI=1S/C19H13Cl2NO5S/c1-28-11-4-2-10(3-5-11)16(23)9-27-17(24)8-22-18(25)12-6-14(20)15(21)7-13(12)19(22)26/h2-7H,8-9H2,1H3. The SMILES string of the molecule is CSc1ccc(C(=O)COC(=O)CN2C(=O)c3cc(Cl)c(Cl)cc3C2=O)cc1. The summed E-state index contributed by atoms with van der Waals surface area (Å²) in [7, 11) is 0. The van der Waals surface area contributed by atoms with Gasteiger partial charge in [0, 0.05) is 10.5 Å². The van der Waals surface area contributed by atoms with Gasteiger partial charge in [-0.15, -0.1) is 11.8 Å². The van der Waals surface area contributed by atoms with E-state index in [1.54, 1.807) is 24.3 Å². The van der Waals surface area contributed by atoms with Gasteiger partial charge in [-0.3, -0.25) is 24.1 Å². The first-order chi connectivity index (χ1) is 13.3. The number of imide groups is 1. The van der Waals surface area contributed by atoms with Gasteiger partial charge < -0.3 is 4.74 Å². The van der Waals surface area contributed by atoms with Crippen LogP contribution < -0.4 is 0 Å². The monoisotopic (exact) mass is 437 g/mol. The highest BCUT2D eigenvalue weighted by Gasteiger charge is 2.37. The second kappa shape index (κ2) is 8.34. The molecule has 28 heavy (non-hydrogen) atoms. The molecule has 2 aromatic carbocycles. The molecule has 1 aliphatic heterocycles. The van der Waals surface area contributed by atoms with Gasteiger partial charge in [0.1, 0.15) is 6.54 Å². The molecular weight excluding hydrogens is 425 g/mol. The van der Waals surface area contributed by atoms with Gasteiger partial charge in [0.2, 0.25) is 0 Å². The van der Waals surface area contributed by atoms with Crippen LogP contribution >= 0.6 is 35.0 Å². The Balaban J connectivity index is 1.61. The number of ether oxygens (including phenoxy) is 1. The number of halogens is 2. The van der Waals surface area contributed by atoms with Crippen LogP contribution in [0.2, 0.25) is 10.0 Å². The number of carbonyl (C=O) groups excluding carboxylic acids is 4. The summed E-state index contributed by atoms with van der Waals surface area (Å²) in [6.07, 6.45) is 1.92. The fourth-order valence-corrected chi connectivity index (χ4v) is 3.34. The Kier molecular flexibility index (Phi) is 6.07. The molecule has 0 unspecified atom stereocenters. The maximum Gasteiger partial charge on any atom is 0.326 e. The van der Waals surface area contributed by atoms with E-state index in [9.17, 15) is 19.2 Å². The summed E-state index contributed by atoms with van der Waals surface area (Å²) < 4.78 is 4.93. The fraction of sp³-hybridized carbons (Fsp3) is 0.158. The molecule has 2 aromatic rings. The number of fused-ring (bicyclic) bond motifs is 1. The normalized spacial score (nSPS) is 12.9. The van der Waals surface area contributed by atoms with E-state index in [-0.39, 0.29) is 27.0 Å². The zero-order chi connectivity index (χ0) is 20.4. The molecule has 9 heteroatoms. The summed E-state index contributed by atoms with van der Waals surface area (Å²) in [6, 6.07) is 9.42. The first-order valence-corrected chi connectivity index (χ1v) is 9.98. The van der Waals surface area contributed by atoms with E-state index in [4.69, 9.17) is 27.9 Å². The van der Waals surface area contributed by atoms with E-state index in [0.717, 1.165) is 9.80 Å². The van der Waals surface area contributed by atoms with E-state index in [1.807, 2.05) is 6.26 Å². The maximum absolute atomic E-state index is 12.4. The number of Topliss-reactive ketones (excluding diaryl/α,β-unsaturated/α-hetero) is 1. The van der Waals surface area contributed by atoms with Gasteiger partial charge in [0.25, 0.3) is 11.8 Å². The highest BCUT2D eigenvalue weighted by molar-refractivity contribution is 7.98. The molecule has 0 saturated heterocycles. The number of ketones is 1. The van der Waals surface area contributed by atoms with Crippen LogP contribution in [0, 0.1) is 0 Å². The smallest absolute Gasteiger partial charge is 0.326 e. The van der Waals surface area contributed by atoms with Crippen molar-refractivity contribution in [2.75, 3.05) is 19.4 Å². The Morgan fingerprint density at radius 2 is 1.54 bits per heavy atom. The molecule has 0 aliphatic carbocycles. The summed E-state index contributed by atoms with van der Waals surface area (Å²) in [5.74, 6) is -2.60. The second-order valence-electron chi connectivity index (χ2n) is 5.82. The Hall–Kier alpha value is -2.35. The van der Waals surface area contributed by atoms with Gasteiger partial charge in [-0.25, -0.2) is 0 Å². The Labute approximate surface area is 174 Å². The van der Waals surface area contributed by atoms with Gasteiger partial charge in [-0.05, 0) is 30.5 Å². The number of hydrogen-bond acceptors (Lipinski definition) is 6. The van der Waals surface area contributed by atoms with Crippen molar-refractivity contribution >= 4 is 58.5 Å². The molecule has 0 saturated carbocycles. The molecule has 2 amide bonds. The first-order valence-electron chi connectivity index (χ1n) is 8.00. The molecule has 1 heterocycles. The van der Waals surface area contributed by atoms with Crippen LogP contribution in [-0.2, 0) is 9.53 Å². The molecule has 3 rings (SSSR count). The van der Waals surface area contributed by atoms with Gasteiger partial charge in [0.05, 0.1) is 21.2 Å². The van der Waals surface area contributed by atoms with Crippen LogP contribution in [0.1, 0.15) is 31.1 Å². The number of rotatable bonds is 6. The van der Waals surface area contributed by atoms with Crippen LogP contribution in [-0.4, -0.2) is 47.9 Å². The third-order valence-corrected chi connectivity index (χ3v) is 5.54. The average Bonchev–Trinajstić information content (AvgIpc) is 2.91. The Bertz CT molecular complexity index is 950. The Morgan fingerprint density at radius 1 is 1.00 bits per heavy atom. The largest absolute Gasteiger partial charge is 0.456 e. The average molecular weight is 438 g/mol. The van der Waals surface area contributed by atoms with E-state index in [2.05, 4.69) is 0 Å². The molecule has 0 radical (unpaired) electrons. The van der Waals surface area contributed by atoms with Gasteiger partial charge in [0.15, 0.2) is 12.4 Å². The van der Waals surface area contributed by atoms with Gasteiger partial charge >= 0.3 is 5.97 Å². The lowest BCUT2D eigenvalue weighted by molar-refractivity contribution is -0.142. The van der Waals surface area contributed by atoms with E-state index in [1.165, 1.54) is 23.9 Å². The minimum Gasteiger partial charge on any atom is -0.456 e. The van der Waals surface area contributed by atoms with Crippen molar-refractivity contribution in [2.24, 2.45) is 0 Å². The number of benzene rings is 2. The highest BCUT2D eigenvalue weighted by atomic mass is 35.5. The molecule has 1 aliphatic rings. The molecular formula is C19H13Cl2NO5S. The summed E-state index contributed by atoms with van der Waals surface area (Å²) >= 11 is 13.3. The van der Waals surface area contributed by atoms with Crippen LogP contribution in [0.5, 0.6) is 0 Å². The van der Waals surface area contributed by atoms with Crippen LogP contribution in [0.4, 0.5) is 0 Å². The molecule has 6 nitrogen and oxygen atoms in total. The molecule has 0 N–H and O–H groups in total. The quantitative estimate of drug-likeness (QED) is 0.296. The fourth-order valence-electron chi connectivity index (χ4n) is 2.61. The summed E-state index contributed by atoms with van der Waals surface area (Å²) in [6.45, 7) is -1.10. The van der Waals surface area contributed by atoms with Crippen molar-refractivity contribution in [3.05, 3.63) is 63.1 Å². The summed E-state index contributed by atoms with van der Waals surface area (Å²) in [4.78, 5) is 50.6. The maximum atomic E-state index is 12.4. The lowest BCUT2D eigenvalue weighted by Gasteiger charge is -2.12. The van der Waals surface area contributed by atoms with Crippen molar-refractivity contribution in [3.63, 3.8) is 0 Å². The van der Waals surface area contributed by atoms with Crippen LogP contribution in [0.3, 0.4) is 0 Å². The molecule has 0 fully saturated rings. The van der Waals surface area contributed by atoms with Gasteiger partial charge in [-0.1, -0.05) is 35.3 Å². The first kappa shape index (κ1) is 20.4. The van der Waals surface area contributed by atoms with Crippen molar-refractivity contribution in [1.29, 1.82) is 0 Å². The summed E-state index contributed by atoms with van der Waals surface area (Å²) in [5.41, 5.74) is 0.532. The number of hydrogen-bond donors (Lipinski definition) is 0. The number of thioether (sulfide) groups is 1. The molecule has 0 bridgehead atoms. The lowest BCUT2D eigenvalue weighted by Crippen LogP contribution is -2.36. The molecule has 144 valence electrons. The van der Waals surface area contributed by atoms with Gasteiger partial charge in [-0.2, -0.15) is 0 Å². The molecule has 0 spiro atoms. The minimum atomic E-state index is -0.874. The predicted octanol–water partition coefficient (Wildman–Crippen LogP) is 3.74. The minimum absolute atomic E-state index is 0.0668. The number of carbonyl (C=O) groups is 4. The topological polar surface area (TPSA) is 80.8 Å². The van der Waals surface area contributed by atoms with Crippen molar-refractivity contribution in [2.45, 2.75) is 4.90 Å². The summed E-state index contributed by atoms with van der Waals surface area (Å²) in [5, 5.41) is 0.258. The second-order valence-corrected chi connectivity index (χ2v) is 7.51. The van der Waals surface area contributed by atoms with E-state index in [0.29, 0.717) is 5.56 Å². The third kappa shape index (κ3) is 4.06. The third-order valence-electron chi connectivity index (χ3n) is 4.08. The highest BCUT2D eigenvalue weighted by Crippen LogP contribution is 2.31. The molecule has 0 aromatic heterocycles. The van der Waals surface area contributed by atoms with E-state index >= 15 is 0 Å². The van der Waals surface area contributed by atoms with Crippen molar-refractivity contribution in [1.82, 2.24) is 4.90 Å². The van der Waals surface area contributed by atoms with E-state index < -0.39 is 30.9 Å². The zero-order valence-electron chi connectivity index (χ0n) is 14.5. The van der Waals surface area contributed by atoms with Crippen molar-refractivity contribution in [3.8, 4) is 0 Å².